The smallest absolute Gasteiger partial charge is 0.129 e. The minimum absolute atomic E-state index is 0.360. The van der Waals surface area contributed by atoms with Crippen LogP contribution in [-0.4, -0.2) is 19.2 Å². The highest BCUT2D eigenvalue weighted by molar-refractivity contribution is 4.96. The maximum atomic E-state index is 5.67. The fourth-order valence-electron chi connectivity index (χ4n) is 1.56. The van der Waals surface area contributed by atoms with E-state index in [1.165, 1.54) is 6.42 Å². The number of rotatable bonds is 3. The van der Waals surface area contributed by atoms with Crippen molar-refractivity contribution in [2.75, 3.05) is 13.1 Å². The molecular formula is C10H15NO2. The van der Waals surface area contributed by atoms with E-state index in [2.05, 4.69) is 5.32 Å². The van der Waals surface area contributed by atoms with E-state index in [1.54, 1.807) is 6.26 Å². The maximum Gasteiger partial charge on any atom is 0.129 e. The van der Waals surface area contributed by atoms with Gasteiger partial charge in [-0.05, 0) is 31.5 Å². The Labute approximate surface area is 78.1 Å². The Balaban J connectivity index is 1.72. The first kappa shape index (κ1) is 8.78. The van der Waals surface area contributed by atoms with E-state index < -0.39 is 0 Å². The lowest BCUT2D eigenvalue weighted by molar-refractivity contribution is 0.0168. The van der Waals surface area contributed by atoms with Crippen LogP contribution >= 0.6 is 0 Å². The molecule has 0 unspecified atom stereocenters. The second-order valence-electron chi connectivity index (χ2n) is 3.36. The molecule has 1 aliphatic rings. The number of hydrogen-bond acceptors (Lipinski definition) is 3. The van der Waals surface area contributed by atoms with Gasteiger partial charge in [-0.15, -0.1) is 0 Å². The van der Waals surface area contributed by atoms with Crippen molar-refractivity contribution < 1.29 is 9.15 Å². The van der Waals surface area contributed by atoms with E-state index in [1.807, 2.05) is 12.1 Å². The van der Waals surface area contributed by atoms with E-state index in [4.69, 9.17) is 9.15 Å². The predicted molar refractivity (Wildman–Crippen MR) is 49.4 cm³/mol. The quantitative estimate of drug-likeness (QED) is 0.768. The number of hydrogen-bond donors (Lipinski definition) is 1. The van der Waals surface area contributed by atoms with Crippen LogP contribution in [0.15, 0.2) is 22.8 Å². The van der Waals surface area contributed by atoms with Gasteiger partial charge in [0, 0.05) is 6.54 Å². The average molecular weight is 181 g/mol. The number of piperidine rings is 1. The molecule has 2 rings (SSSR count). The zero-order valence-electron chi connectivity index (χ0n) is 7.66. The first-order valence-electron chi connectivity index (χ1n) is 4.80. The molecule has 1 N–H and O–H groups in total. The van der Waals surface area contributed by atoms with E-state index in [0.29, 0.717) is 12.7 Å². The molecule has 1 aromatic heterocycles. The molecule has 0 radical (unpaired) electrons. The zero-order valence-corrected chi connectivity index (χ0v) is 7.66. The molecule has 3 nitrogen and oxygen atoms in total. The van der Waals surface area contributed by atoms with Crippen LogP contribution in [0.25, 0.3) is 0 Å². The second kappa shape index (κ2) is 4.44. The Morgan fingerprint density at radius 2 is 2.62 bits per heavy atom. The molecule has 1 aliphatic heterocycles. The fourth-order valence-corrected chi connectivity index (χ4v) is 1.56. The van der Waals surface area contributed by atoms with Crippen LogP contribution in [-0.2, 0) is 11.3 Å². The molecule has 0 aromatic carbocycles. The summed E-state index contributed by atoms with van der Waals surface area (Å²) < 4.78 is 10.9. The van der Waals surface area contributed by atoms with Crippen LogP contribution in [0.4, 0.5) is 0 Å². The molecule has 72 valence electrons. The van der Waals surface area contributed by atoms with Gasteiger partial charge >= 0.3 is 0 Å². The van der Waals surface area contributed by atoms with Gasteiger partial charge in [0.15, 0.2) is 0 Å². The summed E-state index contributed by atoms with van der Waals surface area (Å²) in [5.41, 5.74) is 0. The number of nitrogens with one attached hydrogen (secondary N) is 1. The molecular weight excluding hydrogens is 166 g/mol. The zero-order chi connectivity index (χ0) is 8.93. The molecule has 0 amide bonds. The third-order valence-corrected chi connectivity index (χ3v) is 2.29. The van der Waals surface area contributed by atoms with Crippen LogP contribution in [0.5, 0.6) is 0 Å². The fraction of sp³-hybridized carbons (Fsp3) is 0.600. The van der Waals surface area contributed by atoms with E-state index >= 15 is 0 Å². The molecule has 2 heterocycles. The summed E-state index contributed by atoms with van der Waals surface area (Å²) in [6.07, 6.45) is 4.41. The Morgan fingerprint density at radius 3 is 3.31 bits per heavy atom. The molecule has 1 aromatic rings. The van der Waals surface area contributed by atoms with Gasteiger partial charge in [0.05, 0.1) is 12.4 Å². The van der Waals surface area contributed by atoms with E-state index in [9.17, 15) is 0 Å². The highest BCUT2D eigenvalue weighted by Crippen LogP contribution is 2.09. The van der Waals surface area contributed by atoms with Crippen LogP contribution in [0.3, 0.4) is 0 Å². The molecule has 3 heteroatoms. The monoisotopic (exact) mass is 181 g/mol. The van der Waals surface area contributed by atoms with Gasteiger partial charge in [0.25, 0.3) is 0 Å². The first-order valence-corrected chi connectivity index (χ1v) is 4.80. The van der Waals surface area contributed by atoms with Crippen molar-refractivity contribution in [1.82, 2.24) is 5.32 Å². The van der Waals surface area contributed by atoms with Gasteiger partial charge in [-0.1, -0.05) is 0 Å². The van der Waals surface area contributed by atoms with Crippen molar-refractivity contribution in [2.24, 2.45) is 0 Å². The summed E-state index contributed by atoms with van der Waals surface area (Å²) in [6.45, 7) is 2.70. The molecule has 1 atom stereocenters. The van der Waals surface area contributed by atoms with Gasteiger partial charge in [0.1, 0.15) is 12.4 Å². The lowest BCUT2D eigenvalue weighted by Crippen LogP contribution is -2.35. The van der Waals surface area contributed by atoms with Gasteiger partial charge < -0.3 is 14.5 Å². The predicted octanol–water partition coefficient (Wildman–Crippen LogP) is 1.55. The highest BCUT2D eigenvalue weighted by Gasteiger charge is 2.13. The second-order valence-corrected chi connectivity index (χ2v) is 3.36. The number of furan rings is 1. The Kier molecular flexibility index (Phi) is 3.00. The van der Waals surface area contributed by atoms with Crippen LogP contribution < -0.4 is 5.32 Å². The molecule has 0 saturated carbocycles. The molecule has 13 heavy (non-hydrogen) atoms. The summed E-state index contributed by atoms with van der Waals surface area (Å²) in [6, 6.07) is 3.83. The van der Waals surface area contributed by atoms with Crippen LogP contribution in [0, 0.1) is 0 Å². The molecule has 0 aliphatic carbocycles. The summed E-state index contributed by atoms with van der Waals surface area (Å²) in [7, 11) is 0. The summed E-state index contributed by atoms with van der Waals surface area (Å²) in [5, 5.41) is 3.31. The standard InChI is InChI=1S/C10H15NO2/c1-3-9(7-11-5-1)13-8-10-4-2-6-12-10/h2,4,6,9,11H,1,3,5,7-8H2/t9-/m0/s1. The first-order chi connectivity index (χ1) is 6.45. The minimum atomic E-state index is 0.360. The Bertz CT molecular complexity index is 227. The molecule has 1 fully saturated rings. The van der Waals surface area contributed by atoms with Crippen molar-refractivity contribution in [3.8, 4) is 0 Å². The lowest BCUT2D eigenvalue weighted by atomic mass is 10.1. The largest absolute Gasteiger partial charge is 0.467 e. The van der Waals surface area contributed by atoms with Crippen molar-refractivity contribution >= 4 is 0 Å². The average Bonchev–Trinajstić information content (AvgIpc) is 2.69. The van der Waals surface area contributed by atoms with E-state index in [0.717, 1.165) is 25.3 Å². The summed E-state index contributed by atoms with van der Waals surface area (Å²) in [5.74, 6) is 0.908. The summed E-state index contributed by atoms with van der Waals surface area (Å²) >= 11 is 0. The van der Waals surface area contributed by atoms with Crippen molar-refractivity contribution in [2.45, 2.75) is 25.6 Å². The normalized spacial score (nSPS) is 23.2. The Hall–Kier alpha value is -0.800. The van der Waals surface area contributed by atoms with Gasteiger partial charge in [0.2, 0.25) is 0 Å². The molecule has 1 saturated heterocycles. The SMILES string of the molecule is c1coc(CO[C@H]2CCCNC2)c1. The van der Waals surface area contributed by atoms with Crippen LogP contribution in [0.1, 0.15) is 18.6 Å². The lowest BCUT2D eigenvalue weighted by Gasteiger charge is -2.22. The third-order valence-electron chi connectivity index (χ3n) is 2.29. The highest BCUT2D eigenvalue weighted by atomic mass is 16.5. The van der Waals surface area contributed by atoms with Crippen molar-refractivity contribution in [1.29, 1.82) is 0 Å². The van der Waals surface area contributed by atoms with Crippen LogP contribution in [0.2, 0.25) is 0 Å². The minimum Gasteiger partial charge on any atom is -0.467 e. The third kappa shape index (κ3) is 2.57. The number of ether oxygens (including phenoxy) is 1. The topological polar surface area (TPSA) is 34.4 Å². The van der Waals surface area contributed by atoms with Gasteiger partial charge in [-0.25, -0.2) is 0 Å². The van der Waals surface area contributed by atoms with Crippen molar-refractivity contribution in [3.05, 3.63) is 24.2 Å². The molecule has 0 spiro atoms. The molecule has 0 bridgehead atoms. The summed E-state index contributed by atoms with van der Waals surface area (Å²) in [4.78, 5) is 0. The van der Waals surface area contributed by atoms with Gasteiger partial charge in [-0.3, -0.25) is 0 Å². The van der Waals surface area contributed by atoms with Crippen molar-refractivity contribution in [3.63, 3.8) is 0 Å². The maximum absolute atomic E-state index is 5.67. The Morgan fingerprint density at radius 1 is 1.62 bits per heavy atom. The van der Waals surface area contributed by atoms with Gasteiger partial charge in [-0.2, -0.15) is 0 Å². The van der Waals surface area contributed by atoms with E-state index in [-0.39, 0.29) is 0 Å².